The average molecular weight is 322 g/mol. The summed E-state index contributed by atoms with van der Waals surface area (Å²) in [5, 5.41) is 2.60. The minimum absolute atomic E-state index is 0.147. The van der Waals surface area contributed by atoms with Crippen LogP contribution < -0.4 is 5.32 Å². The Bertz CT molecular complexity index is 439. The van der Waals surface area contributed by atoms with Gasteiger partial charge in [-0.15, -0.1) is 0 Å². The second-order valence-electron chi connectivity index (χ2n) is 3.29. The SMILES string of the molecule is CCS(=O)CCNC(=O)c1cccc(F)c1Br. The van der Waals surface area contributed by atoms with Crippen molar-refractivity contribution in [1.82, 2.24) is 5.32 Å². The van der Waals surface area contributed by atoms with Crippen molar-refractivity contribution in [3.63, 3.8) is 0 Å². The molecule has 0 saturated heterocycles. The molecule has 17 heavy (non-hydrogen) atoms. The zero-order valence-corrected chi connectivity index (χ0v) is 11.7. The first kappa shape index (κ1) is 14.3. The van der Waals surface area contributed by atoms with E-state index in [1.807, 2.05) is 6.92 Å². The molecule has 0 spiro atoms. The largest absolute Gasteiger partial charge is 0.351 e. The Hall–Kier alpha value is -0.750. The van der Waals surface area contributed by atoms with Crippen LogP contribution >= 0.6 is 15.9 Å². The van der Waals surface area contributed by atoms with E-state index >= 15 is 0 Å². The Morgan fingerprint density at radius 2 is 2.24 bits per heavy atom. The molecule has 0 aliphatic carbocycles. The summed E-state index contributed by atoms with van der Waals surface area (Å²) in [6.45, 7) is 2.14. The minimum Gasteiger partial charge on any atom is -0.351 e. The van der Waals surface area contributed by atoms with Gasteiger partial charge in [-0.3, -0.25) is 9.00 Å². The fourth-order valence-electron chi connectivity index (χ4n) is 1.20. The van der Waals surface area contributed by atoms with E-state index in [1.165, 1.54) is 18.2 Å². The Balaban J connectivity index is 2.59. The van der Waals surface area contributed by atoms with Gasteiger partial charge < -0.3 is 5.32 Å². The third kappa shape index (κ3) is 4.20. The molecule has 1 aromatic rings. The highest BCUT2D eigenvalue weighted by Gasteiger charge is 2.12. The summed E-state index contributed by atoms with van der Waals surface area (Å²) in [4.78, 5) is 11.7. The van der Waals surface area contributed by atoms with Gasteiger partial charge in [-0.05, 0) is 28.1 Å². The second kappa shape index (κ2) is 6.86. The van der Waals surface area contributed by atoms with Gasteiger partial charge in [0.25, 0.3) is 5.91 Å². The summed E-state index contributed by atoms with van der Waals surface area (Å²) >= 11 is 3.02. The fourth-order valence-corrected chi connectivity index (χ4v) is 2.26. The molecule has 6 heteroatoms. The molecular formula is C11H13BrFNO2S. The molecule has 1 N–H and O–H groups in total. The Kier molecular flexibility index (Phi) is 5.77. The van der Waals surface area contributed by atoms with E-state index < -0.39 is 16.6 Å². The molecule has 0 aromatic heterocycles. The molecule has 1 atom stereocenters. The summed E-state index contributed by atoms with van der Waals surface area (Å²) < 4.78 is 24.5. The lowest BCUT2D eigenvalue weighted by Crippen LogP contribution is -2.28. The van der Waals surface area contributed by atoms with Gasteiger partial charge >= 0.3 is 0 Å². The zero-order valence-electron chi connectivity index (χ0n) is 9.33. The molecule has 0 saturated carbocycles. The number of amides is 1. The van der Waals surface area contributed by atoms with E-state index in [4.69, 9.17) is 0 Å². The van der Waals surface area contributed by atoms with Gasteiger partial charge in [-0.2, -0.15) is 0 Å². The lowest BCUT2D eigenvalue weighted by molar-refractivity contribution is 0.0955. The normalized spacial score (nSPS) is 12.2. The van der Waals surface area contributed by atoms with Crippen LogP contribution in [0.5, 0.6) is 0 Å². The number of hydrogen-bond acceptors (Lipinski definition) is 2. The monoisotopic (exact) mass is 321 g/mol. The number of nitrogens with one attached hydrogen (secondary N) is 1. The molecule has 94 valence electrons. The van der Waals surface area contributed by atoms with E-state index in [1.54, 1.807) is 0 Å². The van der Waals surface area contributed by atoms with Crippen LogP contribution in [-0.2, 0) is 10.8 Å². The third-order valence-corrected chi connectivity index (χ3v) is 4.24. The van der Waals surface area contributed by atoms with E-state index in [2.05, 4.69) is 21.2 Å². The molecule has 1 rings (SSSR count). The average Bonchev–Trinajstić information content (AvgIpc) is 2.32. The van der Waals surface area contributed by atoms with Crippen molar-refractivity contribution < 1.29 is 13.4 Å². The number of hydrogen-bond donors (Lipinski definition) is 1. The Morgan fingerprint density at radius 3 is 2.88 bits per heavy atom. The molecule has 0 bridgehead atoms. The summed E-state index contributed by atoms with van der Waals surface area (Å²) in [6, 6.07) is 4.27. The van der Waals surface area contributed by atoms with Gasteiger partial charge in [0.2, 0.25) is 0 Å². The number of carbonyl (C=O) groups is 1. The molecule has 1 amide bonds. The lowest BCUT2D eigenvalue weighted by Gasteiger charge is -2.06. The summed E-state index contributed by atoms with van der Waals surface area (Å²) in [5.41, 5.74) is 0.243. The van der Waals surface area contributed by atoms with Crippen molar-refractivity contribution in [1.29, 1.82) is 0 Å². The molecule has 0 fully saturated rings. The summed E-state index contributed by atoms with van der Waals surface area (Å²) in [5.74, 6) is 0.133. The van der Waals surface area contributed by atoms with Gasteiger partial charge in [0.05, 0.1) is 10.0 Å². The zero-order chi connectivity index (χ0) is 12.8. The van der Waals surface area contributed by atoms with Gasteiger partial charge in [0.1, 0.15) is 5.82 Å². The third-order valence-electron chi connectivity index (χ3n) is 2.13. The molecule has 1 aromatic carbocycles. The predicted octanol–water partition coefficient (Wildman–Crippen LogP) is 2.09. The first-order chi connectivity index (χ1) is 8.06. The van der Waals surface area contributed by atoms with Crippen molar-refractivity contribution in [3.05, 3.63) is 34.1 Å². The highest BCUT2D eigenvalue weighted by Crippen LogP contribution is 2.19. The van der Waals surface area contributed by atoms with Crippen molar-refractivity contribution >= 4 is 32.6 Å². The first-order valence-corrected chi connectivity index (χ1v) is 7.41. The van der Waals surface area contributed by atoms with Gasteiger partial charge in [-0.25, -0.2) is 4.39 Å². The maximum Gasteiger partial charge on any atom is 0.252 e. The standard InChI is InChI=1S/C11H13BrFNO2S/c1-2-17(16)7-6-14-11(15)8-4-3-5-9(13)10(8)12/h3-5H,2,6-7H2,1H3,(H,14,15). The molecule has 0 aliphatic rings. The molecule has 0 radical (unpaired) electrons. The van der Waals surface area contributed by atoms with Crippen molar-refractivity contribution in [3.8, 4) is 0 Å². The van der Waals surface area contributed by atoms with Crippen molar-refractivity contribution in [2.24, 2.45) is 0 Å². The molecule has 0 aliphatic heterocycles. The van der Waals surface area contributed by atoms with Crippen LogP contribution in [0.1, 0.15) is 17.3 Å². The van der Waals surface area contributed by atoms with Gasteiger partial charge in [-0.1, -0.05) is 13.0 Å². The van der Waals surface area contributed by atoms with Crippen molar-refractivity contribution in [2.75, 3.05) is 18.1 Å². The number of carbonyl (C=O) groups excluding carboxylic acids is 1. The number of halogens is 2. The second-order valence-corrected chi connectivity index (χ2v) is 5.95. The summed E-state index contributed by atoms with van der Waals surface area (Å²) in [6.07, 6.45) is 0. The first-order valence-electron chi connectivity index (χ1n) is 5.13. The Labute approximate surface area is 110 Å². The van der Waals surface area contributed by atoms with Gasteiger partial charge in [0, 0.05) is 28.9 Å². The van der Waals surface area contributed by atoms with Crippen LogP contribution in [0.3, 0.4) is 0 Å². The van der Waals surface area contributed by atoms with Crippen LogP contribution in [0.15, 0.2) is 22.7 Å². The smallest absolute Gasteiger partial charge is 0.252 e. The van der Waals surface area contributed by atoms with E-state index in [0.717, 1.165) is 0 Å². The maximum atomic E-state index is 13.2. The summed E-state index contributed by atoms with van der Waals surface area (Å²) in [7, 11) is -0.910. The highest BCUT2D eigenvalue weighted by atomic mass is 79.9. The minimum atomic E-state index is -0.910. The van der Waals surface area contributed by atoms with Crippen molar-refractivity contribution in [2.45, 2.75) is 6.92 Å². The van der Waals surface area contributed by atoms with E-state index in [0.29, 0.717) is 18.1 Å². The predicted molar refractivity (Wildman–Crippen MR) is 70.0 cm³/mol. The molecule has 0 heterocycles. The lowest BCUT2D eigenvalue weighted by atomic mass is 10.2. The topological polar surface area (TPSA) is 46.2 Å². The van der Waals surface area contributed by atoms with E-state index in [-0.39, 0.29) is 15.9 Å². The fraction of sp³-hybridized carbons (Fsp3) is 0.364. The van der Waals surface area contributed by atoms with Crippen LogP contribution in [0.4, 0.5) is 4.39 Å². The Morgan fingerprint density at radius 1 is 1.53 bits per heavy atom. The molecule has 1 unspecified atom stereocenters. The number of rotatable bonds is 5. The van der Waals surface area contributed by atoms with Crippen LogP contribution in [-0.4, -0.2) is 28.2 Å². The molecule has 3 nitrogen and oxygen atoms in total. The quantitative estimate of drug-likeness (QED) is 0.902. The van der Waals surface area contributed by atoms with Crippen LogP contribution in [0.2, 0.25) is 0 Å². The van der Waals surface area contributed by atoms with Gasteiger partial charge in [0.15, 0.2) is 0 Å². The van der Waals surface area contributed by atoms with Crippen LogP contribution in [0, 0.1) is 5.82 Å². The molecular weight excluding hydrogens is 309 g/mol. The highest BCUT2D eigenvalue weighted by molar-refractivity contribution is 9.10. The van der Waals surface area contributed by atoms with Crippen LogP contribution in [0.25, 0.3) is 0 Å². The van der Waals surface area contributed by atoms with E-state index in [9.17, 15) is 13.4 Å². The number of benzene rings is 1. The maximum absolute atomic E-state index is 13.2.